The van der Waals surface area contributed by atoms with E-state index in [9.17, 15) is 4.79 Å². The number of aryl methyl sites for hydroxylation is 1. The second kappa shape index (κ2) is 9.91. The maximum Gasteiger partial charge on any atom is 0.243 e. The van der Waals surface area contributed by atoms with Gasteiger partial charge in [-0.25, -0.2) is 0 Å². The van der Waals surface area contributed by atoms with Crippen molar-refractivity contribution < 1.29 is 14.1 Å². The van der Waals surface area contributed by atoms with Crippen LogP contribution in [0, 0.1) is 6.92 Å². The lowest BCUT2D eigenvalue weighted by Gasteiger charge is -2.18. The largest absolute Gasteiger partial charge is 0.497 e. The molecule has 1 atom stereocenters. The molecular formula is C24H25N5O3S. The first kappa shape index (κ1) is 22.6. The minimum atomic E-state index is -0.561. The second-order valence-electron chi connectivity index (χ2n) is 7.72. The summed E-state index contributed by atoms with van der Waals surface area (Å²) in [7, 11) is 1.63. The Hall–Kier alpha value is -3.59. The lowest BCUT2D eigenvalue weighted by molar-refractivity contribution is -0.115. The first-order chi connectivity index (χ1) is 16.0. The Morgan fingerprint density at radius 2 is 1.82 bits per heavy atom. The Morgan fingerprint density at radius 3 is 2.42 bits per heavy atom. The van der Waals surface area contributed by atoms with Crippen molar-refractivity contribution in [2.75, 3.05) is 12.4 Å². The third-order valence-electron chi connectivity index (χ3n) is 4.97. The van der Waals surface area contributed by atoms with Gasteiger partial charge in [0.05, 0.1) is 7.11 Å². The van der Waals surface area contributed by atoms with Crippen LogP contribution < -0.4 is 10.1 Å². The van der Waals surface area contributed by atoms with Crippen LogP contribution in [-0.2, 0) is 4.79 Å². The van der Waals surface area contributed by atoms with Crippen molar-refractivity contribution in [3.05, 3.63) is 72.0 Å². The Balaban J connectivity index is 1.68. The highest BCUT2D eigenvalue weighted by atomic mass is 32.2. The summed E-state index contributed by atoms with van der Waals surface area (Å²) in [5.41, 5.74) is 1.77. The number of aromatic nitrogens is 4. The number of nitrogens with one attached hydrogen (secondary N) is 1. The summed E-state index contributed by atoms with van der Waals surface area (Å²) in [6.07, 6.45) is 0. The van der Waals surface area contributed by atoms with Gasteiger partial charge in [-0.1, -0.05) is 47.3 Å². The highest BCUT2D eigenvalue weighted by Gasteiger charge is 2.27. The van der Waals surface area contributed by atoms with Gasteiger partial charge in [-0.05, 0) is 50.6 Å². The van der Waals surface area contributed by atoms with Crippen molar-refractivity contribution >= 4 is 23.5 Å². The SMILES string of the molecule is COc1ccc(-c2nnc(SC(C(=O)Nc3cc(C)on3)c3ccccc3)n2C(C)C)cc1. The number of anilines is 1. The summed E-state index contributed by atoms with van der Waals surface area (Å²) in [5, 5.41) is 15.7. The van der Waals surface area contributed by atoms with Gasteiger partial charge in [-0.15, -0.1) is 10.2 Å². The van der Waals surface area contributed by atoms with E-state index >= 15 is 0 Å². The van der Waals surface area contributed by atoms with Crippen LogP contribution >= 0.6 is 11.8 Å². The van der Waals surface area contributed by atoms with Gasteiger partial charge in [0.2, 0.25) is 5.91 Å². The third kappa shape index (κ3) is 5.09. The number of amides is 1. The molecule has 0 aliphatic carbocycles. The molecule has 2 aromatic heterocycles. The van der Waals surface area contributed by atoms with Crippen LogP contribution in [-0.4, -0.2) is 32.9 Å². The summed E-state index contributed by atoms with van der Waals surface area (Å²) in [5.74, 6) is 2.28. The van der Waals surface area contributed by atoms with E-state index in [-0.39, 0.29) is 11.9 Å². The molecule has 0 saturated carbocycles. The smallest absolute Gasteiger partial charge is 0.243 e. The Bertz CT molecular complexity index is 1220. The minimum Gasteiger partial charge on any atom is -0.497 e. The maximum absolute atomic E-state index is 13.3. The van der Waals surface area contributed by atoms with E-state index < -0.39 is 5.25 Å². The van der Waals surface area contributed by atoms with Crippen LogP contribution in [0.2, 0.25) is 0 Å². The maximum atomic E-state index is 13.3. The molecule has 0 fully saturated rings. The standard InChI is InChI=1S/C24H25N5O3S/c1-15(2)29-22(18-10-12-19(31-4)13-11-18)26-27-24(29)33-21(17-8-6-5-7-9-17)23(30)25-20-14-16(3)32-28-20/h5-15,21H,1-4H3,(H,25,28,30). The van der Waals surface area contributed by atoms with Crippen molar-refractivity contribution in [3.63, 3.8) is 0 Å². The van der Waals surface area contributed by atoms with E-state index in [1.165, 1.54) is 11.8 Å². The molecule has 1 unspecified atom stereocenters. The highest BCUT2D eigenvalue weighted by molar-refractivity contribution is 8.00. The number of thioether (sulfide) groups is 1. The molecule has 0 saturated heterocycles. The molecule has 2 heterocycles. The zero-order valence-corrected chi connectivity index (χ0v) is 19.7. The van der Waals surface area contributed by atoms with Gasteiger partial charge < -0.3 is 14.6 Å². The number of carbonyl (C=O) groups excluding carboxylic acids is 1. The number of benzene rings is 2. The Labute approximate surface area is 196 Å². The number of carbonyl (C=O) groups is 1. The summed E-state index contributed by atoms with van der Waals surface area (Å²) in [6.45, 7) is 5.91. The van der Waals surface area contributed by atoms with E-state index in [1.807, 2.05) is 59.2 Å². The van der Waals surface area contributed by atoms with Gasteiger partial charge in [-0.2, -0.15) is 0 Å². The van der Waals surface area contributed by atoms with Crippen LogP contribution in [0.25, 0.3) is 11.4 Å². The topological polar surface area (TPSA) is 95.1 Å². The van der Waals surface area contributed by atoms with Crippen molar-refractivity contribution in [2.24, 2.45) is 0 Å². The molecule has 170 valence electrons. The molecule has 9 heteroatoms. The van der Waals surface area contributed by atoms with Crippen molar-refractivity contribution in [1.29, 1.82) is 0 Å². The Morgan fingerprint density at radius 1 is 1.09 bits per heavy atom. The number of ether oxygens (including phenoxy) is 1. The zero-order valence-electron chi connectivity index (χ0n) is 18.9. The molecule has 0 radical (unpaired) electrons. The molecular weight excluding hydrogens is 438 g/mol. The molecule has 0 spiro atoms. The van der Waals surface area contributed by atoms with Gasteiger partial charge in [0.1, 0.15) is 16.8 Å². The molecule has 0 aliphatic rings. The molecule has 0 bridgehead atoms. The van der Waals surface area contributed by atoms with E-state index in [1.54, 1.807) is 20.1 Å². The van der Waals surface area contributed by atoms with Gasteiger partial charge in [0, 0.05) is 17.7 Å². The fourth-order valence-electron chi connectivity index (χ4n) is 3.38. The lowest BCUT2D eigenvalue weighted by atomic mass is 10.1. The number of nitrogens with zero attached hydrogens (tertiary/aromatic N) is 4. The van der Waals surface area contributed by atoms with Crippen LogP contribution in [0.3, 0.4) is 0 Å². The van der Waals surface area contributed by atoms with Gasteiger partial charge in [0.15, 0.2) is 16.8 Å². The summed E-state index contributed by atoms with van der Waals surface area (Å²) in [4.78, 5) is 13.3. The first-order valence-electron chi connectivity index (χ1n) is 10.5. The van der Waals surface area contributed by atoms with Crippen molar-refractivity contribution in [2.45, 2.75) is 37.2 Å². The molecule has 1 amide bonds. The van der Waals surface area contributed by atoms with E-state index in [4.69, 9.17) is 9.26 Å². The fraction of sp³-hybridized carbons (Fsp3) is 0.250. The average molecular weight is 464 g/mol. The van der Waals surface area contributed by atoms with E-state index in [0.717, 1.165) is 22.7 Å². The van der Waals surface area contributed by atoms with Gasteiger partial charge >= 0.3 is 0 Å². The summed E-state index contributed by atoms with van der Waals surface area (Å²) in [6, 6.07) is 19.0. The van der Waals surface area contributed by atoms with Crippen LogP contribution in [0.1, 0.15) is 36.5 Å². The molecule has 2 aromatic carbocycles. The summed E-state index contributed by atoms with van der Waals surface area (Å²) < 4.78 is 12.4. The van der Waals surface area contributed by atoms with Crippen molar-refractivity contribution in [1.82, 2.24) is 19.9 Å². The number of hydrogen-bond donors (Lipinski definition) is 1. The monoisotopic (exact) mass is 463 g/mol. The normalized spacial score (nSPS) is 12.0. The molecule has 0 aliphatic heterocycles. The molecule has 1 N–H and O–H groups in total. The van der Waals surface area contributed by atoms with Gasteiger partial charge in [-0.3, -0.25) is 9.36 Å². The number of hydrogen-bond acceptors (Lipinski definition) is 7. The molecule has 8 nitrogen and oxygen atoms in total. The molecule has 33 heavy (non-hydrogen) atoms. The second-order valence-corrected chi connectivity index (χ2v) is 8.79. The van der Waals surface area contributed by atoms with E-state index in [2.05, 4.69) is 34.5 Å². The third-order valence-corrected chi connectivity index (χ3v) is 6.18. The van der Waals surface area contributed by atoms with Crippen LogP contribution in [0.15, 0.2) is 70.3 Å². The quantitative estimate of drug-likeness (QED) is 0.354. The average Bonchev–Trinajstić information content (AvgIpc) is 3.43. The summed E-state index contributed by atoms with van der Waals surface area (Å²) >= 11 is 1.35. The predicted molar refractivity (Wildman–Crippen MR) is 127 cm³/mol. The first-order valence-corrected chi connectivity index (χ1v) is 11.4. The molecule has 4 aromatic rings. The fourth-order valence-corrected chi connectivity index (χ4v) is 4.55. The zero-order chi connectivity index (χ0) is 23.4. The van der Waals surface area contributed by atoms with Crippen LogP contribution in [0.4, 0.5) is 5.82 Å². The Kier molecular flexibility index (Phi) is 6.79. The van der Waals surface area contributed by atoms with Crippen LogP contribution in [0.5, 0.6) is 5.75 Å². The van der Waals surface area contributed by atoms with E-state index in [0.29, 0.717) is 16.7 Å². The highest BCUT2D eigenvalue weighted by Crippen LogP contribution is 2.38. The number of rotatable bonds is 8. The number of methoxy groups -OCH3 is 1. The van der Waals surface area contributed by atoms with Gasteiger partial charge in [0.25, 0.3) is 0 Å². The predicted octanol–water partition coefficient (Wildman–Crippen LogP) is 5.30. The lowest BCUT2D eigenvalue weighted by Crippen LogP contribution is -2.20. The minimum absolute atomic E-state index is 0.0808. The van der Waals surface area contributed by atoms with Crippen molar-refractivity contribution in [3.8, 4) is 17.1 Å². The molecule has 4 rings (SSSR count).